The lowest BCUT2D eigenvalue weighted by Gasteiger charge is -2.07. The van der Waals surface area contributed by atoms with Gasteiger partial charge in [0.1, 0.15) is 23.1 Å². The number of carbonyl (C=O) groups is 1. The Morgan fingerprint density at radius 1 is 0.966 bits per heavy atom. The van der Waals surface area contributed by atoms with Crippen molar-refractivity contribution in [3.63, 3.8) is 0 Å². The summed E-state index contributed by atoms with van der Waals surface area (Å²) >= 11 is 1.46. The predicted octanol–water partition coefficient (Wildman–Crippen LogP) is 4.71. The molecule has 0 aliphatic carbocycles. The molecule has 1 N–H and O–H groups in total. The van der Waals surface area contributed by atoms with Gasteiger partial charge >= 0.3 is 0 Å². The van der Waals surface area contributed by atoms with Crippen LogP contribution in [0, 0.1) is 0 Å². The summed E-state index contributed by atoms with van der Waals surface area (Å²) in [5, 5.41) is 5.53. The minimum Gasteiger partial charge on any atom is -0.487 e. The lowest BCUT2D eigenvalue weighted by molar-refractivity contribution is 0.0946. The fraction of sp³-hybridized carbons (Fsp3) is 0.0870. The third-order valence-electron chi connectivity index (χ3n) is 4.25. The Bertz CT molecular complexity index is 1060. The normalized spacial score (nSPS) is 10.5. The molecular weight excluding hydrogens is 382 g/mol. The van der Waals surface area contributed by atoms with Crippen molar-refractivity contribution in [2.75, 3.05) is 0 Å². The molecule has 6 heteroatoms. The van der Waals surface area contributed by atoms with Gasteiger partial charge in [0.25, 0.3) is 5.91 Å². The van der Waals surface area contributed by atoms with Crippen molar-refractivity contribution in [3.05, 3.63) is 101 Å². The Balaban J connectivity index is 1.30. The fourth-order valence-electron chi connectivity index (χ4n) is 2.71. The average molecular weight is 401 g/mol. The van der Waals surface area contributed by atoms with Crippen molar-refractivity contribution >= 4 is 17.2 Å². The molecule has 29 heavy (non-hydrogen) atoms. The summed E-state index contributed by atoms with van der Waals surface area (Å²) in [6, 6.07) is 23.2. The molecule has 5 nitrogen and oxygen atoms in total. The summed E-state index contributed by atoms with van der Waals surface area (Å²) in [7, 11) is 0. The lowest BCUT2D eigenvalue weighted by atomic mass is 10.2. The summed E-state index contributed by atoms with van der Waals surface area (Å²) in [4.78, 5) is 21.1. The van der Waals surface area contributed by atoms with E-state index in [1.165, 1.54) is 11.3 Å². The average Bonchev–Trinajstić information content (AvgIpc) is 3.29. The van der Waals surface area contributed by atoms with Crippen LogP contribution in [0.5, 0.6) is 5.75 Å². The summed E-state index contributed by atoms with van der Waals surface area (Å²) in [5.41, 5.74) is 3.31. The number of benzene rings is 2. The van der Waals surface area contributed by atoms with Gasteiger partial charge in [-0.2, -0.15) is 0 Å². The number of ether oxygens (including phenoxy) is 1. The first-order chi connectivity index (χ1) is 14.3. The molecule has 0 saturated heterocycles. The number of nitrogens with one attached hydrogen (secondary N) is 1. The van der Waals surface area contributed by atoms with Crippen LogP contribution in [-0.2, 0) is 13.2 Å². The fourth-order valence-corrected chi connectivity index (χ4v) is 3.51. The maximum atomic E-state index is 12.4. The van der Waals surface area contributed by atoms with Crippen LogP contribution in [0.3, 0.4) is 0 Å². The van der Waals surface area contributed by atoms with Crippen molar-refractivity contribution in [1.82, 2.24) is 15.3 Å². The van der Waals surface area contributed by atoms with Crippen LogP contribution in [0.4, 0.5) is 0 Å². The Morgan fingerprint density at radius 3 is 2.52 bits per heavy atom. The molecule has 2 aromatic heterocycles. The molecule has 4 aromatic rings. The molecule has 0 saturated carbocycles. The van der Waals surface area contributed by atoms with E-state index in [4.69, 9.17) is 4.74 Å². The van der Waals surface area contributed by atoms with Crippen LogP contribution in [0.15, 0.2) is 84.4 Å². The first kappa shape index (κ1) is 18.8. The van der Waals surface area contributed by atoms with Gasteiger partial charge in [0.05, 0.1) is 5.69 Å². The third-order valence-corrected chi connectivity index (χ3v) is 5.14. The molecular formula is C23H19N3O2S. The Hall–Kier alpha value is -3.51. The number of carbonyl (C=O) groups excluding carboxylic acids is 1. The minimum atomic E-state index is -0.182. The van der Waals surface area contributed by atoms with E-state index in [0.717, 1.165) is 27.6 Å². The number of thiazole rings is 1. The first-order valence-corrected chi connectivity index (χ1v) is 10.1. The van der Waals surface area contributed by atoms with E-state index in [0.29, 0.717) is 18.8 Å². The van der Waals surface area contributed by atoms with Crippen LogP contribution in [0.2, 0.25) is 0 Å². The van der Waals surface area contributed by atoms with E-state index in [1.54, 1.807) is 11.6 Å². The van der Waals surface area contributed by atoms with Gasteiger partial charge in [-0.3, -0.25) is 9.78 Å². The second kappa shape index (κ2) is 9.12. The number of hydrogen-bond donors (Lipinski definition) is 1. The highest BCUT2D eigenvalue weighted by Gasteiger charge is 2.11. The van der Waals surface area contributed by atoms with Gasteiger partial charge in [-0.25, -0.2) is 4.98 Å². The molecule has 144 valence electrons. The largest absolute Gasteiger partial charge is 0.487 e. The lowest BCUT2D eigenvalue weighted by Crippen LogP contribution is -2.23. The van der Waals surface area contributed by atoms with E-state index in [9.17, 15) is 4.79 Å². The maximum Gasteiger partial charge on any atom is 0.271 e. The summed E-state index contributed by atoms with van der Waals surface area (Å²) < 4.78 is 5.73. The molecule has 2 heterocycles. The molecule has 0 spiro atoms. The summed E-state index contributed by atoms with van der Waals surface area (Å²) in [6.45, 7) is 0.849. The zero-order chi connectivity index (χ0) is 19.9. The Labute approximate surface area is 173 Å². The van der Waals surface area contributed by atoms with E-state index in [1.807, 2.05) is 72.8 Å². The quantitative estimate of drug-likeness (QED) is 0.487. The van der Waals surface area contributed by atoms with Gasteiger partial charge in [0.2, 0.25) is 0 Å². The van der Waals surface area contributed by atoms with Crippen molar-refractivity contribution < 1.29 is 9.53 Å². The molecule has 2 aromatic carbocycles. The van der Waals surface area contributed by atoms with Crippen LogP contribution in [0.25, 0.3) is 10.6 Å². The highest BCUT2D eigenvalue weighted by atomic mass is 32.1. The molecule has 0 aliphatic heterocycles. The number of pyridine rings is 1. The van der Waals surface area contributed by atoms with Crippen LogP contribution in [-0.4, -0.2) is 15.9 Å². The van der Waals surface area contributed by atoms with E-state index < -0.39 is 0 Å². The molecule has 1 amide bonds. The second-order valence-electron chi connectivity index (χ2n) is 6.34. The molecule has 0 radical (unpaired) electrons. The van der Waals surface area contributed by atoms with Crippen LogP contribution < -0.4 is 10.1 Å². The summed E-state index contributed by atoms with van der Waals surface area (Å²) in [6.07, 6.45) is 1.75. The number of hydrogen-bond acceptors (Lipinski definition) is 5. The van der Waals surface area contributed by atoms with Crippen molar-refractivity contribution in [3.8, 4) is 16.3 Å². The van der Waals surface area contributed by atoms with Gasteiger partial charge in [-0.05, 0) is 29.8 Å². The first-order valence-electron chi connectivity index (χ1n) is 9.19. The number of aromatic nitrogens is 2. The zero-order valence-corrected chi connectivity index (χ0v) is 16.4. The second-order valence-corrected chi connectivity index (χ2v) is 7.20. The predicted molar refractivity (Wildman–Crippen MR) is 114 cm³/mol. The van der Waals surface area contributed by atoms with Crippen LogP contribution in [0.1, 0.15) is 21.7 Å². The van der Waals surface area contributed by atoms with Gasteiger partial charge in [0, 0.05) is 23.7 Å². The number of nitrogens with zero attached hydrogens (tertiary/aromatic N) is 2. The summed E-state index contributed by atoms with van der Waals surface area (Å²) in [5.74, 6) is 0.580. The van der Waals surface area contributed by atoms with Crippen molar-refractivity contribution in [2.45, 2.75) is 13.2 Å². The maximum absolute atomic E-state index is 12.4. The van der Waals surface area contributed by atoms with Gasteiger partial charge < -0.3 is 10.1 Å². The molecule has 0 unspecified atom stereocenters. The molecule has 0 aliphatic rings. The zero-order valence-electron chi connectivity index (χ0n) is 15.6. The van der Waals surface area contributed by atoms with E-state index in [-0.39, 0.29) is 5.91 Å². The monoisotopic (exact) mass is 401 g/mol. The van der Waals surface area contributed by atoms with Gasteiger partial charge in [-0.15, -0.1) is 11.3 Å². The highest BCUT2D eigenvalue weighted by Crippen LogP contribution is 2.23. The molecule has 0 fully saturated rings. The molecule has 4 rings (SSSR count). The van der Waals surface area contributed by atoms with E-state index >= 15 is 0 Å². The van der Waals surface area contributed by atoms with Gasteiger partial charge in [0.15, 0.2) is 0 Å². The van der Waals surface area contributed by atoms with Gasteiger partial charge in [-0.1, -0.05) is 48.5 Å². The SMILES string of the molecule is O=C(NCc1ccc(OCc2ccccn2)cc1)c1csc(-c2ccccc2)n1. The topological polar surface area (TPSA) is 64.1 Å². The third kappa shape index (κ3) is 5.06. The van der Waals surface area contributed by atoms with Crippen LogP contribution >= 0.6 is 11.3 Å². The van der Waals surface area contributed by atoms with Crippen molar-refractivity contribution in [2.24, 2.45) is 0 Å². The Kier molecular flexibility index (Phi) is 5.92. The standard InChI is InChI=1S/C23H19N3O2S/c27-22(21-16-29-23(26-21)18-6-2-1-3-7-18)25-14-17-9-11-20(12-10-17)28-15-19-8-4-5-13-24-19/h1-13,16H,14-15H2,(H,25,27). The number of amides is 1. The molecule has 0 bridgehead atoms. The number of rotatable bonds is 7. The minimum absolute atomic E-state index is 0.182. The molecule has 0 atom stereocenters. The van der Waals surface area contributed by atoms with Crippen molar-refractivity contribution in [1.29, 1.82) is 0 Å². The van der Waals surface area contributed by atoms with E-state index in [2.05, 4.69) is 15.3 Å². The smallest absolute Gasteiger partial charge is 0.271 e. The Morgan fingerprint density at radius 2 is 1.76 bits per heavy atom. The highest BCUT2D eigenvalue weighted by molar-refractivity contribution is 7.13.